The van der Waals surface area contributed by atoms with E-state index in [0.29, 0.717) is 0 Å². The van der Waals surface area contributed by atoms with Crippen molar-refractivity contribution in [2.75, 3.05) is 24.7 Å². The number of anilines is 2. The molecule has 20 nitrogen and oxygen atoms in total. The number of nitrogen functional groups attached to an aromatic ring is 2. The third-order valence-electron chi connectivity index (χ3n) is 6.71. The predicted molar refractivity (Wildman–Crippen MR) is 159 cm³/mol. The van der Waals surface area contributed by atoms with Crippen LogP contribution in [0.4, 0.5) is 20.5 Å². The zero-order chi connectivity index (χ0) is 32.2. The van der Waals surface area contributed by atoms with Crippen LogP contribution < -0.4 is 17.0 Å². The highest BCUT2D eigenvalue weighted by molar-refractivity contribution is 8.44. The first kappa shape index (κ1) is 32.5. The Morgan fingerprint density at radius 1 is 1.16 bits per heavy atom. The molecule has 45 heavy (non-hydrogen) atoms. The van der Waals surface area contributed by atoms with Crippen LogP contribution in [0.2, 0.25) is 0 Å². The number of hydrogen-bond acceptors (Lipinski definition) is 18. The van der Waals surface area contributed by atoms with Crippen molar-refractivity contribution in [3.8, 4) is 0 Å². The van der Waals surface area contributed by atoms with Gasteiger partial charge in [0.05, 0.1) is 18.5 Å². The summed E-state index contributed by atoms with van der Waals surface area (Å²) >= 11 is 8.51. The standard InChI is InChI=1S/C18H22F2N12O8P2S3/c19-6-5(2-37-41(35)43)45-17(32-14-9(28-30-32)15(34)26-18(22)25-14)11(6)40-42(36,44)38-1-4-10(33)7(20)16(39-4)31-13-8(27-29-31)12(21)23-3-24-13/h3-7,10-11,16-17,33,41H,1-2H2,(H,35,43)(H,36,44)(H2,21,23,24)(H3,22,25,26,34)/t4-,5-,6-,7+,10-,11-,16-,17-,42?/m1/s1. The van der Waals surface area contributed by atoms with Gasteiger partial charge in [0.15, 0.2) is 40.5 Å². The Labute approximate surface area is 264 Å². The number of nitrogens with one attached hydrogen (secondary N) is 1. The number of thioether (sulfide) groups is 1. The predicted octanol–water partition coefficient (Wildman–Crippen LogP) is 0.238. The number of fused-ring (bicyclic) bond motifs is 2. The highest BCUT2D eigenvalue weighted by Crippen LogP contribution is 2.59. The van der Waals surface area contributed by atoms with Crippen molar-refractivity contribution in [2.45, 2.75) is 47.5 Å². The molecular weight excluding hydrogens is 708 g/mol. The van der Waals surface area contributed by atoms with Crippen LogP contribution in [0.5, 0.6) is 0 Å². The topological polar surface area (TPSA) is 276 Å². The van der Waals surface area contributed by atoms with E-state index in [0.717, 1.165) is 27.5 Å². The fourth-order valence-electron chi connectivity index (χ4n) is 4.66. The van der Waals surface area contributed by atoms with Gasteiger partial charge in [-0.15, -0.1) is 22.0 Å². The van der Waals surface area contributed by atoms with Crippen LogP contribution in [0.3, 0.4) is 0 Å². The number of nitrogens with zero attached hydrogens (tertiary/aromatic N) is 9. The van der Waals surface area contributed by atoms with Crippen LogP contribution in [0.25, 0.3) is 22.3 Å². The van der Waals surface area contributed by atoms with Crippen molar-refractivity contribution >= 4 is 84.4 Å². The van der Waals surface area contributed by atoms with Gasteiger partial charge in [-0.3, -0.25) is 23.4 Å². The Hall–Kier alpha value is -2.47. The van der Waals surface area contributed by atoms with Gasteiger partial charge in [-0.1, -0.05) is 34.9 Å². The summed E-state index contributed by atoms with van der Waals surface area (Å²) in [6, 6.07) is 0. The number of aromatic amines is 1. The van der Waals surface area contributed by atoms with Crippen molar-refractivity contribution in [3.05, 3.63) is 16.7 Å². The van der Waals surface area contributed by atoms with Crippen LogP contribution in [0.15, 0.2) is 11.1 Å². The lowest BCUT2D eigenvalue weighted by atomic mass is 10.1. The SMILES string of the molecule is Nc1nc2c(nnn2[C@@H]2S[C@H](CO[PH](=O)S)[C@@H](F)[C@H]2OP(=O)(S)OC[C@H]2O[C@@H](n3nnc4c(N)ncnc43)[C@@H](F)[C@@H]2O)c(=O)[nH]1. The molecule has 4 aromatic heterocycles. The Morgan fingerprint density at radius 2 is 1.89 bits per heavy atom. The molecule has 0 aliphatic carbocycles. The lowest BCUT2D eigenvalue weighted by molar-refractivity contribution is -0.0495. The summed E-state index contributed by atoms with van der Waals surface area (Å²) in [5, 5.41) is 23.5. The molecule has 0 spiro atoms. The van der Waals surface area contributed by atoms with Crippen molar-refractivity contribution in [1.82, 2.24) is 49.9 Å². The molecule has 10 atom stereocenters. The summed E-state index contributed by atoms with van der Waals surface area (Å²) in [6.45, 7) is -5.63. The molecule has 0 aromatic carbocycles. The summed E-state index contributed by atoms with van der Waals surface area (Å²) in [4.78, 5) is 26.3. The minimum atomic E-state index is -4.52. The van der Waals surface area contributed by atoms with Gasteiger partial charge in [-0.2, -0.15) is 9.67 Å². The molecule has 2 unspecified atom stereocenters. The molecule has 2 aliphatic rings. The maximum absolute atomic E-state index is 15.8. The van der Waals surface area contributed by atoms with Gasteiger partial charge in [0.2, 0.25) is 13.2 Å². The molecular formula is C18H22F2N12O8P2S3. The number of H-pyrrole nitrogens is 1. The van der Waals surface area contributed by atoms with Crippen molar-refractivity contribution in [2.24, 2.45) is 0 Å². The highest BCUT2D eigenvalue weighted by atomic mass is 32.7. The number of aromatic nitrogens is 10. The zero-order valence-corrected chi connectivity index (χ0v) is 26.6. The van der Waals surface area contributed by atoms with E-state index in [1.54, 1.807) is 0 Å². The average Bonchev–Trinajstić information content (AvgIpc) is 3.73. The molecule has 6 heterocycles. The molecule has 0 radical (unpaired) electrons. The number of aliphatic hydroxyl groups is 1. The molecule has 244 valence electrons. The summed E-state index contributed by atoms with van der Waals surface area (Å²) in [5.74, 6) is -0.291. The van der Waals surface area contributed by atoms with Gasteiger partial charge in [0, 0.05) is 0 Å². The molecule has 0 saturated carbocycles. The first-order chi connectivity index (χ1) is 21.3. The smallest absolute Gasteiger partial charge is 0.386 e. The number of rotatable bonds is 10. The Kier molecular flexibility index (Phi) is 9.10. The van der Waals surface area contributed by atoms with E-state index in [9.17, 15) is 19.0 Å². The van der Waals surface area contributed by atoms with Gasteiger partial charge in [-0.05, 0) is 0 Å². The molecule has 2 saturated heterocycles. The minimum Gasteiger partial charge on any atom is -0.387 e. The normalized spacial score (nSPS) is 30.7. The van der Waals surface area contributed by atoms with Gasteiger partial charge in [-0.25, -0.2) is 28.0 Å². The van der Waals surface area contributed by atoms with E-state index in [-0.39, 0.29) is 40.7 Å². The van der Waals surface area contributed by atoms with E-state index in [2.05, 4.69) is 65.1 Å². The van der Waals surface area contributed by atoms with Crippen molar-refractivity contribution < 1.29 is 41.3 Å². The maximum Gasteiger partial charge on any atom is 0.386 e. The van der Waals surface area contributed by atoms with E-state index >= 15 is 8.78 Å². The second-order valence-corrected chi connectivity index (χ2v) is 15.7. The van der Waals surface area contributed by atoms with Crippen LogP contribution in [-0.2, 0) is 27.4 Å². The van der Waals surface area contributed by atoms with Gasteiger partial charge in [0.1, 0.15) is 36.2 Å². The number of halogens is 2. The molecule has 0 bridgehead atoms. The van der Waals surface area contributed by atoms with Crippen LogP contribution >= 0.6 is 50.3 Å². The second-order valence-electron chi connectivity index (χ2n) is 9.54. The first-order valence-electron chi connectivity index (χ1n) is 12.5. The quantitative estimate of drug-likeness (QED) is 0.0941. The van der Waals surface area contributed by atoms with Gasteiger partial charge < -0.3 is 25.8 Å². The molecule has 0 amide bonds. The van der Waals surface area contributed by atoms with Crippen molar-refractivity contribution in [3.63, 3.8) is 0 Å². The lowest BCUT2D eigenvalue weighted by Gasteiger charge is -2.25. The molecule has 27 heteroatoms. The van der Waals surface area contributed by atoms with Gasteiger partial charge in [0.25, 0.3) is 5.56 Å². The summed E-state index contributed by atoms with van der Waals surface area (Å²) < 4.78 is 79.1. The summed E-state index contributed by atoms with van der Waals surface area (Å²) in [5.41, 5.74) is 10.4. The van der Waals surface area contributed by atoms with E-state index in [4.69, 9.17) is 29.8 Å². The Bertz CT molecular complexity index is 1870. The number of nitrogens with two attached hydrogens (primary N) is 2. The van der Waals surface area contributed by atoms with Crippen molar-refractivity contribution in [1.29, 1.82) is 0 Å². The molecule has 2 fully saturated rings. The van der Waals surface area contributed by atoms with Gasteiger partial charge >= 0.3 is 6.80 Å². The van der Waals surface area contributed by atoms with E-state index < -0.39 is 73.7 Å². The monoisotopic (exact) mass is 730 g/mol. The largest absolute Gasteiger partial charge is 0.387 e. The summed E-state index contributed by atoms with van der Waals surface area (Å²) in [6.07, 6.45) is -9.30. The highest BCUT2D eigenvalue weighted by Gasteiger charge is 2.52. The van der Waals surface area contributed by atoms with Crippen LogP contribution in [0, 0.1) is 0 Å². The second kappa shape index (κ2) is 12.6. The third-order valence-corrected chi connectivity index (χ3v) is 10.6. The molecule has 2 aliphatic heterocycles. The zero-order valence-electron chi connectivity index (χ0n) is 22.1. The van der Waals surface area contributed by atoms with E-state index in [1.165, 1.54) is 0 Å². The number of thiol groups is 2. The number of ether oxygens (including phenoxy) is 1. The third kappa shape index (κ3) is 6.30. The molecule has 6 N–H and O–H groups in total. The van der Waals surface area contributed by atoms with Crippen LogP contribution in [-0.4, -0.2) is 104 Å². The average molecular weight is 731 g/mol. The first-order valence-corrected chi connectivity index (χ1v) is 18.8. The maximum atomic E-state index is 15.8. The van der Waals surface area contributed by atoms with E-state index in [1.807, 2.05) is 0 Å². The number of hydrogen-bond donors (Lipinski definition) is 6. The molecule has 4 aromatic rings. The number of aliphatic hydroxyl groups excluding tert-OH is 1. The Balaban J connectivity index is 1.20. The number of alkyl halides is 2. The fraction of sp³-hybridized carbons (Fsp3) is 0.556. The molecule has 6 rings (SSSR count). The summed E-state index contributed by atoms with van der Waals surface area (Å²) in [7, 11) is -2.75. The Morgan fingerprint density at radius 3 is 2.64 bits per heavy atom. The van der Waals surface area contributed by atoms with Crippen LogP contribution in [0.1, 0.15) is 11.6 Å². The fourth-order valence-corrected chi connectivity index (χ4v) is 8.30. The minimum absolute atomic E-state index is 0.0125. The lowest BCUT2D eigenvalue weighted by Crippen LogP contribution is -2.33.